The molecule has 0 aliphatic carbocycles. The summed E-state index contributed by atoms with van der Waals surface area (Å²) in [5, 5.41) is 0. The summed E-state index contributed by atoms with van der Waals surface area (Å²) in [5.74, 6) is 0.384. The molecule has 0 aliphatic rings. The Morgan fingerprint density at radius 2 is 2.08 bits per heavy atom. The van der Waals surface area contributed by atoms with E-state index in [0.717, 1.165) is 6.29 Å². The molecule has 0 spiro atoms. The van der Waals surface area contributed by atoms with Crippen molar-refractivity contribution in [2.75, 3.05) is 12.5 Å². The van der Waals surface area contributed by atoms with Crippen molar-refractivity contribution in [2.24, 2.45) is 5.41 Å². The van der Waals surface area contributed by atoms with Crippen molar-refractivity contribution in [3.05, 3.63) is 0 Å². The van der Waals surface area contributed by atoms with Crippen molar-refractivity contribution in [3.8, 4) is 0 Å². The first-order chi connectivity index (χ1) is 5.49. The van der Waals surface area contributed by atoms with Gasteiger partial charge in [0.25, 0.3) is 0 Å². The zero-order valence-corrected chi connectivity index (χ0v) is 8.73. The number of halogens is 1. The van der Waals surface area contributed by atoms with Gasteiger partial charge in [-0.3, -0.25) is 0 Å². The molecule has 72 valence electrons. The Kier molecular flexibility index (Phi) is 5.51. The van der Waals surface area contributed by atoms with Crippen LogP contribution in [-0.4, -0.2) is 24.9 Å². The van der Waals surface area contributed by atoms with Crippen molar-refractivity contribution < 1.29 is 9.53 Å². The highest BCUT2D eigenvalue weighted by molar-refractivity contribution is 6.18. The van der Waals surface area contributed by atoms with Gasteiger partial charge in [-0.15, -0.1) is 11.6 Å². The van der Waals surface area contributed by atoms with Gasteiger partial charge < -0.3 is 9.53 Å². The maximum Gasteiger partial charge on any atom is 0.122 e. The first kappa shape index (κ1) is 11.9. The normalized spacial score (nSPS) is 14.3. The average molecular weight is 193 g/mol. The molecular formula is C9H17ClO2. The molecule has 0 saturated heterocycles. The van der Waals surface area contributed by atoms with Crippen LogP contribution in [0, 0.1) is 5.41 Å². The van der Waals surface area contributed by atoms with Gasteiger partial charge in [-0.1, -0.05) is 20.8 Å². The Morgan fingerprint density at radius 3 is 2.42 bits per heavy atom. The van der Waals surface area contributed by atoms with Crippen LogP contribution in [0.1, 0.15) is 27.2 Å². The van der Waals surface area contributed by atoms with E-state index in [0.29, 0.717) is 18.9 Å². The first-order valence-electron chi connectivity index (χ1n) is 4.11. The molecule has 0 fully saturated rings. The molecule has 0 N–H and O–H groups in total. The molecule has 2 nitrogen and oxygen atoms in total. The minimum atomic E-state index is -0.122. The first-order valence-corrected chi connectivity index (χ1v) is 4.64. The number of alkyl halides is 1. The van der Waals surface area contributed by atoms with Gasteiger partial charge in [-0.05, 0) is 5.41 Å². The second-order valence-electron chi connectivity index (χ2n) is 4.05. The van der Waals surface area contributed by atoms with Crippen LogP contribution >= 0.6 is 11.6 Å². The van der Waals surface area contributed by atoms with Gasteiger partial charge in [0.1, 0.15) is 6.29 Å². The third-order valence-electron chi connectivity index (χ3n) is 1.28. The van der Waals surface area contributed by atoms with Crippen molar-refractivity contribution in [1.29, 1.82) is 0 Å². The molecule has 0 amide bonds. The van der Waals surface area contributed by atoms with Gasteiger partial charge in [0.05, 0.1) is 12.7 Å². The molecule has 0 aromatic carbocycles. The molecule has 0 bridgehead atoms. The fraction of sp³-hybridized carbons (Fsp3) is 0.889. The van der Waals surface area contributed by atoms with E-state index in [1.165, 1.54) is 0 Å². The molecular weight excluding hydrogens is 176 g/mol. The second kappa shape index (κ2) is 5.55. The second-order valence-corrected chi connectivity index (χ2v) is 4.36. The Bertz CT molecular complexity index is 129. The van der Waals surface area contributed by atoms with Crippen molar-refractivity contribution in [3.63, 3.8) is 0 Å². The van der Waals surface area contributed by atoms with Crippen molar-refractivity contribution in [2.45, 2.75) is 33.3 Å². The van der Waals surface area contributed by atoms with E-state index in [4.69, 9.17) is 16.3 Å². The molecule has 0 heterocycles. The topological polar surface area (TPSA) is 26.3 Å². The van der Waals surface area contributed by atoms with Crippen LogP contribution in [-0.2, 0) is 9.53 Å². The number of aldehydes is 1. The van der Waals surface area contributed by atoms with E-state index < -0.39 is 0 Å². The Balaban J connectivity index is 3.64. The van der Waals surface area contributed by atoms with Gasteiger partial charge in [0, 0.05) is 12.3 Å². The summed E-state index contributed by atoms with van der Waals surface area (Å²) in [6.45, 7) is 6.88. The molecule has 0 rings (SSSR count). The summed E-state index contributed by atoms with van der Waals surface area (Å²) in [6, 6.07) is 0. The lowest BCUT2D eigenvalue weighted by molar-refractivity contribution is -0.110. The third-order valence-corrected chi connectivity index (χ3v) is 1.63. The quantitative estimate of drug-likeness (QED) is 0.494. The molecule has 0 saturated carbocycles. The number of rotatable bonds is 5. The predicted molar refractivity (Wildman–Crippen MR) is 50.6 cm³/mol. The summed E-state index contributed by atoms with van der Waals surface area (Å²) >= 11 is 5.59. The van der Waals surface area contributed by atoms with Gasteiger partial charge in [-0.2, -0.15) is 0 Å². The minimum absolute atomic E-state index is 0.122. The lowest BCUT2D eigenvalue weighted by atomic mass is 9.98. The molecule has 3 heteroatoms. The maximum absolute atomic E-state index is 10.2. The summed E-state index contributed by atoms with van der Waals surface area (Å²) in [6.07, 6.45) is 1.11. The zero-order valence-electron chi connectivity index (χ0n) is 7.97. The van der Waals surface area contributed by atoms with Crippen LogP contribution in [0.5, 0.6) is 0 Å². The number of carbonyl (C=O) groups excluding carboxylic acids is 1. The van der Waals surface area contributed by atoms with Crippen molar-refractivity contribution in [1.82, 2.24) is 0 Å². The van der Waals surface area contributed by atoms with Gasteiger partial charge in [0.15, 0.2) is 0 Å². The van der Waals surface area contributed by atoms with Crippen LogP contribution < -0.4 is 0 Å². The monoisotopic (exact) mass is 192 g/mol. The van der Waals surface area contributed by atoms with Gasteiger partial charge in [-0.25, -0.2) is 0 Å². The number of ether oxygens (including phenoxy) is 1. The number of carbonyl (C=O) groups is 1. The SMILES string of the molecule is CC(C)(C)COC(CCl)CC=O. The minimum Gasteiger partial charge on any atom is -0.376 e. The fourth-order valence-corrected chi connectivity index (χ4v) is 0.866. The van der Waals surface area contributed by atoms with Crippen LogP contribution in [0.2, 0.25) is 0 Å². The number of hydrogen-bond donors (Lipinski definition) is 0. The van der Waals surface area contributed by atoms with Crippen LogP contribution in [0.25, 0.3) is 0 Å². The Hall–Kier alpha value is -0.0800. The molecule has 0 aromatic heterocycles. The Morgan fingerprint density at radius 1 is 1.50 bits per heavy atom. The molecule has 1 atom stereocenters. The molecule has 0 aromatic rings. The summed E-state index contributed by atoms with van der Waals surface area (Å²) in [7, 11) is 0. The number of hydrogen-bond acceptors (Lipinski definition) is 2. The molecule has 0 radical (unpaired) electrons. The van der Waals surface area contributed by atoms with E-state index >= 15 is 0 Å². The summed E-state index contributed by atoms with van der Waals surface area (Å²) in [4.78, 5) is 10.2. The lowest BCUT2D eigenvalue weighted by Crippen LogP contribution is -2.23. The van der Waals surface area contributed by atoms with Crippen LogP contribution in [0.15, 0.2) is 0 Å². The van der Waals surface area contributed by atoms with Crippen molar-refractivity contribution >= 4 is 17.9 Å². The van der Waals surface area contributed by atoms with Crippen LogP contribution in [0.4, 0.5) is 0 Å². The molecule has 0 aliphatic heterocycles. The van der Waals surface area contributed by atoms with E-state index in [1.54, 1.807) is 0 Å². The lowest BCUT2D eigenvalue weighted by Gasteiger charge is -2.21. The zero-order chi connectivity index (χ0) is 9.61. The van der Waals surface area contributed by atoms with E-state index in [-0.39, 0.29) is 11.5 Å². The smallest absolute Gasteiger partial charge is 0.122 e. The molecule has 1 unspecified atom stereocenters. The van der Waals surface area contributed by atoms with E-state index in [1.807, 2.05) is 0 Å². The highest BCUT2D eigenvalue weighted by atomic mass is 35.5. The van der Waals surface area contributed by atoms with Gasteiger partial charge >= 0.3 is 0 Å². The maximum atomic E-state index is 10.2. The summed E-state index contributed by atoms with van der Waals surface area (Å²) in [5.41, 5.74) is 0.132. The van der Waals surface area contributed by atoms with E-state index in [9.17, 15) is 4.79 Å². The van der Waals surface area contributed by atoms with Crippen LogP contribution in [0.3, 0.4) is 0 Å². The largest absolute Gasteiger partial charge is 0.376 e. The molecule has 12 heavy (non-hydrogen) atoms. The summed E-state index contributed by atoms with van der Waals surface area (Å²) < 4.78 is 5.43. The highest BCUT2D eigenvalue weighted by Gasteiger charge is 2.14. The highest BCUT2D eigenvalue weighted by Crippen LogP contribution is 2.15. The van der Waals surface area contributed by atoms with Gasteiger partial charge in [0.2, 0.25) is 0 Å². The average Bonchev–Trinajstić information content (AvgIpc) is 1.96. The standard InChI is InChI=1S/C9H17ClO2/c1-9(2,3)7-12-8(6-10)4-5-11/h5,8H,4,6-7H2,1-3H3. The van der Waals surface area contributed by atoms with E-state index in [2.05, 4.69) is 20.8 Å². The predicted octanol–water partition coefficient (Wildman–Crippen LogP) is 2.25. The third kappa shape index (κ3) is 6.62. The fourth-order valence-electron chi connectivity index (χ4n) is 0.651. The Labute approximate surface area is 79.2 Å².